The molecule has 1 aliphatic rings. The van der Waals surface area contributed by atoms with Crippen LogP contribution in [0.2, 0.25) is 0 Å². The maximum absolute atomic E-state index is 11.8. The number of carboxylic acids is 1. The molecule has 0 radical (unpaired) electrons. The molecule has 2 atom stereocenters. The van der Waals surface area contributed by atoms with Crippen molar-refractivity contribution in [2.75, 3.05) is 5.32 Å². The van der Waals surface area contributed by atoms with E-state index in [2.05, 4.69) is 36.1 Å². The molecule has 1 saturated carbocycles. The Bertz CT molecular complexity index is 530. The Morgan fingerprint density at radius 2 is 2.19 bits per heavy atom. The predicted molar refractivity (Wildman–Crippen MR) is 82.5 cm³/mol. The van der Waals surface area contributed by atoms with Crippen LogP contribution in [-0.4, -0.2) is 26.6 Å². The number of nitrogens with one attached hydrogen (secondary N) is 1. The highest BCUT2D eigenvalue weighted by molar-refractivity contribution is 5.82. The summed E-state index contributed by atoms with van der Waals surface area (Å²) in [6, 6.07) is 1.95. The third kappa shape index (κ3) is 3.52. The van der Waals surface area contributed by atoms with E-state index in [-0.39, 0.29) is 0 Å². The van der Waals surface area contributed by atoms with Crippen LogP contribution in [0.1, 0.15) is 63.8 Å². The lowest BCUT2D eigenvalue weighted by atomic mass is 9.76. The van der Waals surface area contributed by atoms with Gasteiger partial charge in [0, 0.05) is 11.4 Å². The number of aromatic nitrogens is 2. The fourth-order valence-corrected chi connectivity index (χ4v) is 3.07. The summed E-state index contributed by atoms with van der Waals surface area (Å²) < 4.78 is 0. The second-order valence-electron chi connectivity index (χ2n) is 6.63. The first kappa shape index (κ1) is 15.7. The molecule has 21 heavy (non-hydrogen) atoms. The van der Waals surface area contributed by atoms with Crippen LogP contribution >= 0.6 is 0 Å². The van der Waals surface area contributed by atoms with Gasteiger partial charge in [0.25, 0.3) is 0 Å². The highest BCUT2D eigenvalue weighted by Gasteiger charge is 2.42. The number of aryl methyl sites for hydroxylation is 1. The van der Waals surface area contributed by atoms with Crippen LogP contribution in [0.4, 0.5) is 5.95 Å². The van der Waals surface area contributed by atoms with E-state index in [4.69, 9.17) is 0 Å². The molecule has 1 aromatic rings. The lowest BCUT2D eigenvalue weighted by Crippen LogP contribution is -2.50. The van der Waals surface area contributed by atoms with Gasteiger partial charge in [0.15, 0.2) is 0 Å². The van der Waals surface area contributed by atoms with E-state index < -0.39 is 11.5 Å². The molecule has 1 aliphatic carbocycles. The Kier molecular flexibility index (Phi) is 4.49. The van der Waals surface area contributed by atoms with E-state index in [0.717, 1.165) is 24.2 Å². The van der Waals surface area contributed by atoms with E-state index in [0.29, 0.717) is 30.6 Å². The molecule has 2 unspecified atom stereocenters. The predicted octanol–water partition coefficient (Wildman–Crippen LogP) is 3.35. The molecule has 2 rings (SSSR count). The van der Waals surface area contributed by atoms with Gasteiger partial charge in [-0.2, -0.15) is 0 Å². The summed E-state index contributed by atoms with van der Waals surface area (Å²) in [5.41, 5.74) is 0.870. The van der Waals surface area contributed by atoms with Crippen molar-refractivity contribution in [3.05, 3.63) is 17.5 Å². The Balaban J connectivity index is 2.31. The Hall–Kier alpha value is -1.65. The van der Waals surface area contributed by atoms with Crippen molar-refractivity contribution in [3.63, 3.8) is 0 Å². The van der Waals surface area contributed by atoms with E-state index in [1.807, 2.05) is 13.0 Å². The molecule has 0 spiro atoms. The highest BCUT2D eigenvalue weighted by atomic mass is 16.4. The van der Waals surface area contributed by atoms with E-state index >= 15 is 0 Å². The van der Waals surface area contributed by atoms with Crippen LogP contribution in [0.25, 0.3) is 0 Å². The molecular weight excluding hydrogens is 266 g/mol. The molecule has 1 aromatic heterocycles. The average Bonchev–Trinajstić information content (AvgIpc) is 2.37. The van der Waals surface area contributed by atoms with Crippen LogP contribution in [0.15, 0.2) is 6.07 Å². The zero-order valence-corrected chi connectivity index (χ0v) is 13.3. The van der Waals surface area contributed by atoms with Crippen molar-refractivity contribution in [1.29, 1.82) is 0 Å². The van der Waals surface area contributed by atoms with Crippen LogP contribution < -0.4 is 5.32 Å². The first-order chi connectivity index (χ1) is 9.82. The molecule has 2 N–H and O–H groups in total. The SMILES string of the molecule is Cc1cc(C(C)C)nc(NC2(C(=O)O)CCCC(C)C2)n1. The van der Waals surface area contributed by atoms with E-state index in [1.54, 1.807) is 0 Å². The van der Waals surface area contributed by atoms with Gasteiger partial charge in [-0.1, -0.05) is 33.6 Å². The van der Waals surface area contributed by atoms with Gasteiger partial charge >= 0.3 is 5.97 Å². The molecule has 0 saturated heterocycles. The summed E-state index contributed by atoms with van der Waals surface area (Å²) in [6.07, 6.45) is 3.25. The minimum absolute atomic E-state index is 0.290. The van der Waals surface area contributed by atoms with Gasteiger partial charge in [0.2, 0.25) is 5.95 Å². The first-order valence-corrected chi connectivity index (χ1v) is 7.69. The van der Waals surface area contributed by atoms with Gasteiger partial charge in [-0.05, 0) is 37.7 Å². The second kappa shape index (κ2) is 6.00. The largest absolute Gasteiger partial charge is 0.480 e. The third-order valence-corrected chi connectivity index (χ3v) is 4.22. The summed E-state index contributed by atoms with van der Waals surface area (Å²) >= 11 is 0. The van der Waals surface area contributed by atoms with Gasteiger partial charge in [-0.15, -0.1) is 0 Å². The smallest absolute Gasteiger partial charge is 0.329 e. The van der Waals surface area contributed by atoms with Gasteiger partial charge in [0.05, 0.1) is 0 Å². The fourth-order valence-electron chi connectivity index (χ4n) is 3.07. The number of rotatable bonds is 4. The van der Waals surface area contributed by atoms with Crippen LogP contribution in [0, 0.1) is 12.8 Å². The first-order valence-electron chi connectivity index (χ1n) is 7.69. The zero-order chi connectivity index (χ0) is 15.6. The maximum Gasteiger partial charge on any atom is 0.329 e. The van der Waals surface area contributed by atoms with Crippen molar-refractivity contribution in [3.8, 4) is 0 Å². The molecule has 0 amide bonds. The standard InChI is InChI=1S/C16H25N3O2/c1-10(2)13-8-12(4)17-15(18-13)19-16(14(20)21)7-5-6-11(3)9-16/h8,10-11H,5-7,9H2,1-4H3,(H,20,21)(H,17,18,19). The number of aliphatic carboxylic acids is 1. The minimum Gasteiger partial charge on any atom is -0.480 e. The fraction of sp³-hybridized carbons (Fsp3) is 0.688. The Labute approximate surface area is 126 Å². The number of carboxylic acid groups (broad SMARTS) is 1. The Morgan fingerprint density at radius 1 is 1.48 bits per heavy atom. The molecule has 1 fully saturated rings. The summed E-state index contributed by atoms with van der Waals surface area (Å²) in [6.45, 7) is 8.16. The van der Waals surface area contributed by atoms with Crippen LogP contribution in [0.3, 0.4) is 0 Å². The quantitative estimate of drug-likeness (QED) is 0.889. The van der Waals surface area contributed by atoms with Gasteiger partial charge in [-0.3, -0.25) is 0 Å². The summed E-state index contributed by atoms with van der Waals surface area (Å²) in [7, 11) is 0. The topological polar surface area (TPSA) is 75.1 Å². The minimum atomic E-state index is -0.931. The van der Waals surface area contributed by atoms with Crippen molar-refractivity contribution in [2.24, 2.45) is 5.92 Å². The van der Waals surface area contributed by atoms with Crippen molar-refractivity contribution in [1.82, 2.24) is 9.97 Å². The maximum atomic E-state index is 11.8. The molecule has 5 heteroatoms. The van der Waals surface area contributed by atoms with Crippen molar-refractivity contribution in [2.45, 2.75) is 64.8 Å². The van der Waals surface area contributed by atoms with Crippen molar-refractivity contribution < 1.29 is 9.90 Å². The monoisotopic (exact) mass is 291 g/mol. The highest BCUT2D eigenvalue weighted by Crippen LogP contribution is 2.35. The molecular formula is C16H25N3O2. The van der Waals surface area contributed by atoms with Crippen LogP contribution in [0.5, 0.6) is 0 Å². The molecule has 116 valence electrons. The van der Waals surface area contributed by atoms with Crippen molar-refractivity contribution >= 4 is 11.9 Å². The van der Waals surface area contributed by atoms with E-state index in [1.165, 1.54) is 0 Å². The van der Waals surface area contributed by atoms with Gasteiger partial charge in [-0.25, -0.2) is 14.8 Å². The zero-order valence-electron chi connectivity index (χ0n) is 13.3. The number of hydrogen-bond acceptors (Lipinski definition) is 4. The van der Waals surface area contributed by atoms with E-state index in [9.17, 15) is 9.90 Å². The molecule has 0 aromatic carbocycles. The summed E-state index contributed by atoms with van der Waals surface area (Å²) in [5.74, 6) is 0.329. The molecule has 5 nitrogen and oxygen atoms in total. The number of nitrogens with zero attached hydrogens (tertiary/aromatic N) is 2. The average molecular weight is 291 g/mol. The Morgan fingerprint density at radius 3 is 2.76 bits per heavy atom. The normalized spacial score (nSPS) is 25.9. The lowest BCUT2D eigenvalue weighted by Gasteiger charge is -2.37. The van der Waals surface area contributed by atoms with Gasteiger partial charge < -0.3 is 10.4 Å². The number of carbonyl (C=O) groups is 1. The number of hydrogen-bond donors (Lipinski definition) is 2. The molecule has 0 aliphatic heterocycles. The lowest BCUT2D eigenvalue weighted by molar-refractivity contribution is -0.144. The summed E-state index contributed by atoms with van der Waals surface area (Å²) in [4.78, 5) is 20.7. The molecule has 0 bridgehead atoms. The van der Waals surface area contributed by atoms with Gasteiger partial charge in [0.1, 0.15) is 5.54 Å². The second-order valence-corrected chi connectivity index (χ2v) is 6.63. The third-order valence-electron chi connectivity index (χ3n) is 4.22. The summed E-state index contributed by atoms with van der Waals surface area (Å²) in [5, 5.41) is 12.8. The molecule has 1 heterocycles. The van der Waals surface area contributed by atoms with Crippen LogP contribution in [-0.2, 0) is 4.79 Å². The number of anilines is 1.